The van der Waals surface area contributed by atoms with Crippen molar-refractivity contribution in [1.29, 1.82) is 0 Å². The van der Waals surface area contributed by atoms with Gasteiger partial charge < -0.3 is 9.80 Å². The Bertz CT molecular complexity index is 741. The van der Waals surface area contributed by atoms with Gasteiger partial charge in [-0.05, 0) is 18.1 Å². The van der Waals surface area contributed by atoms with Gasteiger partial charge in [0.1, 0.15) is 0 Å². The highest BCUT2D eigenvalue weighted by Crippen LogP contribution is 2.42. The molecule has 2 aromatic carbocycles. The van der Waals surface area contributed by atoms with E-state index in [4.69, 9.17) is 0 Å². The Labute approximate surface area is 156 Å². The number of carbonyl (C=O) groups excluding carboxylic acids is 2. The minimum atomic E-state index is -0.849. The number of hydrogen-bond acceptors (Lipinski definition) is 2. The number of amides is 2. The summed E-state index contributed by atoms with van der Waals surface area (Å²) in [7, 11) is 7.02. The third kappa shape index (κ3) is 3.96. The number of rotatable bonds is 6. The maximum Gasteiger partial charge on any atom is 0.233 e. The molecule has 4 nitrogen and oxygen atoms in total. The lowest BCUT2D eigenvalue weighted by Gasteiger charge is -2.39. The fourth-order valence-corrected chi connectivity index (χ4v) is 3.42. The van der Waals surface area contributed by atoms with Gasteiger partial charge in [-0.1, -0.05) is 60.7 Å². The average Bonchev–Trinajstić information content (AvgIpc) is 2.65. The number of benzene rings is 2. The third-order valence-electron chi connectivity index (χ3n) is 5.00. The molecule has 0 aliphatic heterocycles. The van der Waals surface area contributed by atoms with Gasteiger partial charge in [0, 0.05) is 40.5 Å². The van der Waals surface area contributed by atoms with E-state index in [9.17, 15) is 9.59 Å². The van der Waals surface area contributed by atoms with E-state index >= 15 is 0 Å². The summed E-state index contributed by atoms with van der Waals surface area (Å²) in [6, 6.07) is 19.6. The van der Waals surface area contributed by atoms with Crippen LogP contribution in [-0.2, 0) is 15.0 Å². The Balaban J connectivity index is 2.65. The van der Waals surface area contributed by atoms with Crippen molar-refractivity contribution in [2.75, 3.05) is 28.2 Å². The predicted molar refractivity (Wildman–Crippen MR) is 105 cm³/mol. The maximum absolute atomic E-state index is 13.3. The summed E-state index contributed by atoms with van der Waals surface area (Å²) in [6.45, 7) is 1.95. The molecule has 2 atom stereocenters. The van der Waals surface area contributed by atoms with Crippen molar-refractivity contribution in [1.82, 2.24) is 9.80 Å². The van der Waals surface area contributed by atoms with Gasteiger partial charge in [0.05, 0.1) is 5.41 Å². The van der Waals surface area contributed by atoms with Crippen LogP contribution in [0.5, 0.6) is 0 Å². The molecule has 0 saturated carbocycles. The van der Waals surface area contributed by atoms with E-state index in [0.717, 1.165) is 11.1 Å². The molecule has 26 heavy (non-hydrogen) atoms. The van der Waals surface area contributed by atoms with E-state index in [2.05, 4.69) is 0 Å². The normalized spacial score (nSPS) is 14.2. The highest BCUT2D eigenvalue weighted by molar-refractivity contribution is 5.90. The smallest absolute Gasteiger partial charge is 0.233 e. The molecule has 0 N–H and O–H groups in total. The van der Waals surface area contributed by atoms with Crippen molar-refractivity contribution in [3.05, 3.63) is 71.8 Å². The zero-order valence-electron chi connectivity index (χ0n) is 16.3. The first-order valence-electron chi connectivity index (χ1n) is 8.80. The molecule has 0 unspecified atom stereocenters. The zero-order chi connectivity index (χ0) is 19.3. The maximum atomic E-state index is 13.3. The Hall–Kier alpha value is -2.62. The van der Waals surface area contributed by atoms with Gasteiger partial charge in [0.2, 0.25) is 11.8 Å². The molecule has 138 valence electrons. The molecular weight excluding hydrogens is 324 g/mol. The SMILES string of the molecule is CN(C)C(=O)C[C@H](c1ccccc1)[C@](C)(C(=O)N(C)C)c1ccccc1. The number of likely N-dealkylation sites (N-methyl/N-ethyl adjacent to an activating group) is 1. The van der Waals surface area contributed by atoms with E-state index in [1.54, 1.807) is 38.0 Å². The zero-order valence-corrected chi connectivity index (χ0v) is 16.3. The fraction of sp³-hybridized carbons (Fsp3) is 0.364. The minimum Gasteiger partial charge on any atom is -0.349 e. The van der Waals surface area contributed by atoms with Gasteiger partial charge in [0.25, 0.3) is 0 Å². The largest absolute Gasteiger partial charge is 0.349 e. The molecule has 2 rings (SSSR count). The van der Waals surface area contributed by atoms with Crippen LogP contribution in [0.3, 0.4) is 0 Å². The molecule has 0 fully saturated rings. The fourth-order valence-electron chi connectivity index (χ4n) is 3.42. The van der Waals surface area contributed by atoms with Gasteiger partial charge in [-0.25, -0.2) is 0 Å². The van der Waals surface area contributed by atoms with Crippen molar-refractivity contribution in [2.45, 2.75) is 24.7 Å². The molecule has 0 aliphatic carbocycles. The van der Waals surface area contributed by atoms with E-state index in [-0.39, 0.29) is 24.2 Å². The molecule has 0 spiro atoms. The van der Waals surface area contributed by atoms with E-state index < -0.39 is 5.41 Å². The van der Waals surface area contributed by atoms with Crippen LogP contribution < -0.4 is 0 Å². The number of nitrogens with zero attached hydrogens (tertiary/aromatic N) is 2. The molecule has 0 radical (unpaired) electrons. The Kier molecular flexibility index (Phi) is 6.19. The standard InChI is InChI=1S/C22H28N2O2/c1-22(21(26)24(4)5,18-14-10-7-11-15-18)19(16-20(25)23(2)3)17-12-8-6-9-13-17/h6-15,19H,16H2,1-5H3/t19-,22-/m1/s1. The van der Waals surface area contributed by atoms with Crippen molar-refractivity contribution in [3.8, 4) is 0 Å². The Morgan fingerprint density at radius 1 is 0.846 bits per heavy atom. The molecule has 0 bridgehead atoms. The van der Waals surface area contributed by atoms with Crippen LogP contribution in [0.4, 0.5) is 0 Å². The van der Waals surface area contributed by atoms with Gasteiger partial charge in [-0.2, -0.15) is 0 Å². The average molecular weight is 352 g/mol. The topological polar surface area (TPSA) is 40.6 Å². The second kappa shape index (κ2) is 8.17. The summed E-state index contributed by atoms with van der Waals surface area (Å²) >= 11 is 0. The minimum absolute atomic E-state index is 0.00700. The quantitative estimate of drug-likeness (QED) is 0.800. The Morgan fingerprint density at radius 3 is 1.81 bits per heavy atom. The van der Waals surface area contributed by atoms with E-state index in [0.29, 0.717) is 0 Å². The summed E-state index contributed by atoms with van der Waals surface area (Å²) in [5.41, 5.74) is 1.06. The predicted octanol–water partition coefficient (Wildman–Crippen LogP) is 3.29. The lowest BCUT2D eigenvalue weighted by atomic mass is 9.66. The first-order chi connectivity index (χ1) is 12.3. The second-order valence-corrected chi connectivity index (χ2v) is 7.22. The summed E-state index contributed by atoms with van der Waals surface area (Å²) in [6.07, 6.45) is 0.266. The summed E-state index contributed by atoms with van der Waals surface area (Å²) in [5, 5.41) is 0. The van der Waals surface area contributed by atoms with Crippen LogP contribution in [0, 0.1) is 0 Å². The van der Waals surface area contributed by atoms with Crippen LogP contribution in [0.25, 0.3) is 0 Å². The van der Waals surface area contributed by atoms with Gasteiger partial charge in [-0.3, -0.25) is 9.59 Å². The molecule has 2 amide bonds. The number of hydrogen-bond donors (Lipinski definition) is 0. The summed E-state index contributed by atoms with van der Waals surface area (Å²) in [5.74, 6) is -0.271. The molecular formula is C22H28N2O2. The molecule has 0 heterocycles. The first-order valence-corrected chi connectivity index (χ1v) is 8.80. The van der Waals surface area contributed by atoms with E-state index in [1.165, 1.54) is 0 Å². The lowest BCUT2D eigenvalue weighted by Crippen LogP contribution is -2.47. The van der Waals surface area contributed by atoms with Crippen LogP contribution in [0.1, 0.15) is 30.4 Å². The van der Waals surface area contributed by atoms with Crippen LogP contribution >= 0.6 is 0 Å². The van der Waals surface area contributed by atoms with Crippen LogP contribution in [0.15, 0.2) is 60.7 Å². The van der Waals surface area contributed by atoms with Crippen LogP contribution in [-0.4, -0.2) is 49.8 Å². The lowest BCUT2D eigenvalue weighted by molar-refractivity contribution is -0.136. The van der Waals surface area contributed by atoms with E-state index in [1.807, 2.05) is 67.6 Å². The van der Waals surface area contributed by atoms with Gasteiger partial charge in [0.15, 0.2) is 0 Å². The van der Waals surface area contributed by atoms with Gasteiger partial charge >= 0.3 is 0 Å². The number of carbonyl (C=O) groups is 2. The molecule has 0 aromatic heterocycles. The van der Waals surface area contributed by atoms with Crippen LogP contribution in [0.2, 0.25) is 0 Å². The van der Waals surface area contributed by atoms with Crippen molar-refractivity contribution < 1.29 is 9.59 Å². The third-order valence-corrected chi connectivity index (χ3v) is 5.00. The van der Waals surface area contributed by atoms with Crippen molar-refractivity contribution >= 4 is 11.8 Å². The summed E-state index contributed by atoms with van der Waals surface area (Å²) < 4.78 is 0. The Morgan fingerprint density at radius 2 is 1.35 bits per heavy atom. The first kappa shape index (κ1) is 19.7. The highest BCUT2D eigenvalue weighted by atomic mass is 16.2. The molecule has 0 saturated heterocycles. The molecule has 4 heteroatoms. The van der Waals surface area contributed by atoms with Gasteiger partial charge in [-0.15, -0.1) is 0 Å². The highest BCUT2D eigenvalue weighted by Gasteiger charge is 2.45. The molecule has 0 aliphatic rings. The van der Waals surface area contributed by atoms with Crippen molar-refractivity contribution in [2.24, 2.45) is 0 Å². The summed E-state index contributed by atoms with van der Waals surface area (Å²) in [4.78, 5) is 29.1. The van der Waals surface area contributed by atoms with Crippen molar-refractivity contribution in [3.63, 3.8) is 0 Å². The second-order valence-electron chi connectivity index (χ2n) is 7.22. The monoisotopic (exact) mass is 352 g/mol. The molecule has 2 aromatic rings.